The van der Waals surface area contributed by atoms with Crippen LogP contribution in [0.4, 0.5) is 4.39 Å². The highest BCUT2D eigenvalue weighted by atomic mass is 19.1. The van der Waals surface area contributed by atoms with Gasteiger partial charge in [-0.3, -0.25) is 0 Å². The highest BCUT2D eigenvalue weighted by Crippen LogP contribution is 2.32. The Bertz CT molecular complexity index is 388. The third-order valence-electron chi connectivity index (χ3n) is 3.72. The minimum Gasteiger partial charge on any atom is -0.381 e. The van der Waals surface area contributed by atoms with Crippen molar-refractivity contribution in [1.29, 1.82) is 0 Å². The third kappa shape index (κ3) is 2.90. The van der Waals surface area contributed by atoms with Crippen LogP contribution in [0.1, 0.15) is 36.9 Å². The second kappa shape index (κ2) is 6.30. The highest BCUT2D eigenvalue weighted by molar-refractivity contribution is 5.28. The number of rotatable bonds is 4. The summed E-state index contributed by atoms with van der Waals surface area (Å²) in [5, 5.41) is 3.44. The number of halogens is 1. The van der Waals surface area contributed by atoms with Crippen LogP contribution >= 0.6 is 0 Å². The van der Waals surface area contributed by atoms with Crippen LogP contribution in [0.2, 0.25) is 0 Å². The molecule has 1 atom stereocenters. The second-order valence-corrected chi connectivity index (χ2v) is 4.96. The van der Waals surface area contributed by atoms with E-state index in [1.807, 2.05) is 25.1 Å². The number of hydrogen-bond acceptors (Lipinski definition) is 2. The van der Waals surface area contributed by atoms with Gasteiger partial charge in [0.25, 0.3) is 0 Å². The van der Waals surface area contributed by atoms with Gasteiger partial charge in [0.2, 0.25) is 0 Å². The van der Waals surface area contributed by atoms with Crippen molar-refractivity contribution >= 4 is 0 Å². The van der Waals surface area contributed by atoms with E-state index in [0.29, 0.717) is 5.92 Å². The van der Waals surface area contributed by atoms with Gasteiger partial charge in [-0.05, 0) is 37.8 Å². The molecule has 2 rings (SSSR count). The van der Waals surface area contributed by atoms with Gasteiger partial charge in [-0.2, -0.15) is 0 Å². The molecule has 0 radical (unpaired) electrons. The Morgan fingerprint density at radius 2 is 2.11 bits per heavy atom. The molecule has 1 saturated heterocycles. The zero-order valence-electron chi connectivity index (χ0n) is 11.2. The number of ether oxygens (including phenoxy) is 1. The molecule has 2 nitrogen and oxygen atoms in total. The van der Waals surface area contributed by atoms with Crippen LogP contribution in [0.3, 0.4) is 0 Å². The lowest BCUT2D eigenvalue weighted by Gasteiger charge is -2.31. The molecule has 3 heteroatoms. The monoisotopic (exact) mass is 251 g/mol. The van der Waals surface area contributed by atoms with E-state index in [0.717, 1.165) is 43.7 Å². The lowest BCUT2D eigenvalue weighted by molar-refractivity contribution is 0.0533. The summed E-state index contributed by atoms with van der Waals surface area (Å²) in [6, 6.07) is 5.78. The first-order valence-electron chi connectivity index (χ1n) is 6.80. The smallest absolute Gasteiger partial charge is 0.130 e. The first kappa shape index (κ1) is 13.5. The standard InChI is InChI=1S/C15H22FNO/c1-3-17-15(12-7-9-18-10-8-12)13-6-4-5-11(2)14(13)16/h4-6,12,15,17H,3,7-10H2,1-2H3. The fraction of sp³-hybridized carbons (Fsp3) is 0.600. The molecule has 0 amide bonds. The topological polar surface area (TPSA) is 21.3 Å². The Morgan fingerprint density at radius 3 is 2.78 bits per heavy atom. The molecule has 0 aromatic heterocycles. The molecular formula is C15H22FNO. The third-order valence-corrected chi connectivity index (χ3v) is 3.72. The van der Waals surface area contributed by atoms with Crippen LogP contribution in [0, 0.1) is 18.7 Å². The second-order valence-electron chi connectivity index (χ2n) is 4.96. The van der Waals surface area contributed by atoms with Crippen molar-refractivity contribution < 1.29 is 9.13 Å². The molecular weight excluding hydrogens is 229 g/mol. The minimum atomic E-state index is -0.0602. The van der Waals surface area contributed by atoms with Crippen molar-refractivity contribution in [3.05, 3.63) is 35.1 Å². The van der Waals surface area contributed by atoms with Crippen molar-refractivity contribution in [2.75, 3.05) is 19.8 Å². The van der Waals surface area contributed by atoms with Crippen LogP contribution < -0.4 is 5.32 Å². The SMILES string of the molecule is CCNC(c1cccc(C)c1F)C1CCOCC1. The lowest BCUT2D eigenvalue weighted by atomic mass is 9.86. The van der Waals surface area contributed by atoms with Gasteiger partial charge in [0.15, 0.2) is 0 Å². The van der Waals surface area contributed by atoms with Gasteiger partial charge >= 0.3 is 0 Å². The Kier molecular flexibility index (Phi) is 4.72. The molecule has 100 valence electrons. The van der Waals surface area contributed by atoms with E-state index in [2.05, 4.69) is 12.2 Å². The summed E-state index contributed by atoms with van der Waals surface area (Å²) in [5.41, 5.74) is 1.53. The van der Waals surface area contributed by atoms with E-state index < -0.39 is 0 Å². The van der Waals surface area contributed by atoms with E-state index >= 15 is 0 Å². The van der Waals surface area contributed by atoms with Crippen LogP contribution in [0.15, 0.2) is 18.2 Å². The van der Waals surface area contributed by atoms with Gasteiger partial charge in [0.1, 0.15) is 5.82 Å². The first-order valence-corrected chi connectivity index (χ1v) is 6.80. The summed E-state index contributed by atoms with van der Waals surface area (Å²) in [7, 11) is 0. The first-order chi connectivity index (χ1) is 8.74. The van der Waals surface area contributed by atoms with Gasteiger partial charge in [0, 0.05) is 24.8 Å². The Labute approximate surface area is 109 Å². The molecule has 0 aliphatic carbocycles. The summed E-state index contributed by atoms with van der Waals surface area (Å²) >= 11 is 0. The van der Waals surface area contributed by atoms with Crippen LogP contribution in [0.5, 0.6) is 0 Å². The van der Waals surface area contributed by atoms with Crippen molar-refractivity contribution in [3.63, 3.8) is 0 Å². The van der Waals surface area contributed by atoms with E-state index in [1.54, 1.807) is 0 Å². The normalized spacial score (nSPS) is 18.8. The van der Waals surface area contributed by atoms with Gasteiger partial charge in [0.05, 0.1) is 0 Å². The zero-order chi connectivity index (χ0) is 13.0. The molecule has 0 saturated carbocycles. The van der Waals surface area contributed by atoms with Gasteiger partial charge in [-0.15, -0.1) is 0 Å². The van der Waals surface area contributed by atoms with Crippen LogP contribution in [-0.4, -0.2) is 19.8 Å². The van der Waals surface area contributed by atoms with Gasteiger partial charge in [-0.25, -0.2) is 4.39 Å². The summed E-state index contributed by atoms with van der Waals surface area (Å²) in [6.45, 7) is 6.33. The molecule has 18 heavy (non-hydrogen) atoms. The predicted molar refractivity (Wildman–Crippen MR) is 71.1 cm³/mol. The Hall–Kier alpha value is -0.930. The maximum absolute atomic E-state index is 14.3. The van der Waals surface area contributed by atoms with E-state index in [-0.39, 0.29) is 11.9 Å². The summed E-state index contributed by atoms with van der Waals surface area (Å²) in [6.07, 6.45) is 2.01. The number of hydrogen-bond donors (Lipinski definition) is 1. The summed E-state index contributed by atoms with van der Waals surface area (Å²) in [4.78, 5) is 0. The van der Waals surface area contributed by atoms with Crippen molar-refractivity contribution in [3.8, 4) is 0 Å². The van der Waals surface area contributed by atoms with E-state index in [4.69, 9.17) is 4.74 Å². The Morgan fingerprint density at radius 1 is 1.39 bits per heavy atom. The van der Waals surface area contributed by atoms with Crippen molar-refractivity contribution in [2.45, 2.75) is 32.7 Å². The minimum absolute atomic E-state index is 0.0602. The molecule has 1 unspecified atom stereocenters. The molecule has 0 bridgehead atoms. The van der Waals surface area contributed by atoms with Crippen molar-refractivity contribution in [1.82, 2.24) is 5.32 Å². The molecule has 1 heterocycles. The van der Waals surface area contributed by atoms with Crippen LogP contribution in [-0.2, 0) is 4.74 Å². The van der Waals surface area contributed by atoms with E-state index in [1.165, 1.54) is 0 Å². The van der Waals surface area contributed by atoms with Gasteiger partial charge in [-0.1, -0.05) is 25.1 Å². The highest BCUT2D eigenvalue weighted by Gasteiger charge is 2.27. The van der Waals surface area contributed by atoms with Crippen LogP contribution in [0.25, 0.3) is 0 Å². The fourth-order valence-electron chi connectivity index (χ4n) is 2.71. The fourth-order valence-corrected chi connectivity index (χ4v) is 2.71. The maximum Gasteiger partial charge on any atom is 0.130 e. The van der Waals surface area contributed by atoms with Crippen molar-refractivity contribution in [2.24, 2.45) is 5.92 Å². The average molecular weight is 251 g/mol. The molecule has 1 N–H and O–H groups in total. The van der Waals surface area contributed by atoms with Gasteiger partial charge < -0.3 is 10.1 Å². The molecule has 1 aliphatic rings. The molecule has 1 aromatic rings. The molecule has 1 fully saturated rings. The molecule has 1 aromatic carbocycles. The predicted octanol–water partition coefficient (Wildman–Crippen LogP) is 3.21. The Balaban J connectivity index is 2.25. The average Bonchev–Trinajstić information content (AvgIpc) is 2.41. The summed E-state index contributed by atoms with van der Waals surface area (Å²) < 4.78 is 19.7. The maximum atomic E-state index is 14.3. The zero-order valence-corrected chi connectivity index (χ0v) is 11.2. The summed E-state index contributed by atoms with van der Waals surface area (Å²) in [5.74, 6) is 0.407. The quantitative estimate of drug-likeness (QED) is 0.887. The number of aryl methyl sites for hydroxylation is 1. The van der Waals surface area contributed by atoms with E-state index in [9.17, 15) is 4.39 Å². The lowest BCUT2D eigenvalue weighted by Crippen LogP contribution is -2.32. The number of nitrogens with one attached hydrogen (secondary N) is 1. The molecule has 1 aliphatic heterocycles. The number of benzene rings is 1. The molecule has 0 spiro atoms. The largest absolute Gasteiger partial charge is 0.381 e.